The zero-order valence-electron chi connectivity index (χ0n) is 10.3. The molecule has 0 bridgehead atoms. The number of allylic oxidation sites excluding steroid dienone is 2. The summed E-state index contributed by atoms with van der Waals surface area (Å²) in [6.07, 6.45) is 7.71. The molecule has 1 rings (SSSR count). The Morgan fingerprint density at radius 3 is 2.80 bits per heavy atom. The van der Waals surface area contributed by atoms with Crippen LogP contribution in [0.1, 0.15) is 39.0 Å². The van der Waals surface area contributed by atoms with Crippen molar-refractivity contribution < 1.29 is 4.79 Å². The van der Waals surface area contributed by atoms with E-state index < -0.39 is 0 Å². The molecule has 1 aliphatic carbocycles. The first kappa shape index (κ1) is 12.4. The van der Waals surface area contributed by atoms with E-state index in [0.29, 0.717) is 5.78 Å². The zero-order valence-corrected chi connectivity index (χ0v) is 10.3. The third kappa shape index (κ3) is 3.78. The van der Waals surface area contributed by atoms with Crippen LogP contribution in [0.2, 0.25) is 0 Å². The molecule has 0 amide bonds. The Bertz CT molecular complexity index is 243. The van der Waals surface area contributed by atoms with Crippen molar-refractivity contribution in [3.8, 4) is 0 Å². The van der Waals surface area contributed by atoms with E-state index in [1.54, 1.807) is 0 Å². The number of ketones is 1. The summed E-state index contributed by atoms with van der Waals surface area (Å²) in [5.74, 6) is 0.660. The second-order valence-corrected chi connectivity index (χ2v) is 4.73. The highest BCUT2D eigenvalue weighted by atomic mass is 16.1. The summed E-state index contributed by atoms with van der Waals surface area (Å²) in [6.45, 7) is 3.09. The molecule has 1 fully saturated rings. The van der Waals surface area contributed by atoms with Crippen LogP contribution in [0.15, 0.2) is 11.6 Å². The quantitative estimate of drug-likeness (QED) is 0.512. The predicted molar refractivity (Wildman–Crippen MR) is 63.9 cm³/mol. The van der Waals surface area contributed by atoms with Gasteiger partial charge >= 0.3 is 0 Å². The van der Waals surface area contributed by atoms with E-state index in [0.717, 1.165) is 31.4 Å². The van der Waals surface area contributed by atoms with Crippen LogP contribution in [-0.4, -0.2) is 31.3 Å². The van der Waals surface area contributed by atoms with Crippen LogP contribution in [0.4, 0.5) is 0 Å². The SMILES string of the molecule is CCCC/C=C1/CC[C@H](CN(C)C)C1=O. The van der Waals surface area contributed by atoms with Gasteiger partial charge in [0.05, 0.1) is 0 Å². The van der Waals surface area contributed by atoms with Crippen LogP contribution in [0.5, 0.6) is 0 Å². The number of carbonyl (C=O) groups excluding carboxylic acids is 1. The van der Waals surface area contributed by atoms with Crippen LogP contribution in [0, 0.1) is 5.92 Å². The molecule has 0 aromatic carbocycles. The average Bonchev–Trinajstić information content (AvgIpc) is 2.49. The van der Waals surface area contributed by atoms with Crippen LogP contribution >= 0.6 is 0 Å². The molecule has 0 N–H and O–H groups in total. The van der Waals surface area contributed by atoms with Crippen molar-refractivity contribution in [2.75, 3.05) is 20.6 Å². The Morgan fingerprint density at radius 1 is 1.47 bits per heavy atom. The molecule has 1 saturated carbocycles. The number of Topliss-reactive ketones (excluding diaryl/α,β-unsaturated/α-hetero) is 1. The first-order chi connectivity index (χ1) is 7.15. The van der Waals surface area contributed by atoms with Crippen LogP contribution in [-0.2, 0) is 4.79 Å². The number of rotatable bonds is 5. The summed E-state index contributed by atoms with van der Waals surface area (Å²) in [5.41, 5.74) is 1.09. The van der Waals surface area contributed by atoms with Gasteiger partial charge in [-0.3, -0.25) is 4.79 Å². The van der Waals surface area contributed by atoms with Gasteiger partial charge in [0, 0.05) is 12.5 Å². The van der Waals surface area contributed by atoms with Gasteiger partial charge in [0.1, 0.15) is 0 Å². The second kappa shape index (κ2) is 6.06. The Hall–Kier alpha value is -0.630. The Kier molecular flexibility index (Phi) is 5.03. The number of hydrogen-bond donors (Lipinski definition) is 0. The fraction of sp³-hybridized carbons (Fsp3) is 0.769. The van der Waals surface area contributed by atoms with Crippen molar-refractivity contribution in [3.63, 3.8) is 0 Å². The monoisotopic (exact) mass is 209 g/mol. The maximum absolute atomic E-state index is 11.9. The molecule has 86 valence electrons. The lowest BCUT2D eigenvalue weighted by molar-refractivity contribution is -0.118. The summed E-state index contributed by atoms with van der Waals surface area (Å²) in [5, 5.41) is 0. The van der Waals surface area contributed by atoms with Crippen LogP contribution in [0.25, 0.3) is 0 Å². The Labute approximate surface area is 93.3 Å². The van der Waals surface area contributed by atoms with Crippen LogP contribution < -0.4 is 0 Å². The molecule has 0 heterocycles. The number of hydrogen-bond acceptors (Lipinski definition) is 2. The van der Waals surface area contributed by atoms with E-state index >= 15 is 0 Å². The fourth-order valence-corrected chi connectivity index (χ4v) is 2.14. The molecule has 0 aliphatic heterocycles. The minimum Gasteiger partial charge on any atom is -0.309 e. The van der Waals surface area contributed by atoms with Crippen molar-refractivity contribution in [3.05, 3.63) is 11.6 Å². The van der Waals surface area contributed by atoms with Gasteiger partial charge in [0.2, 0.25) is 0 Å². The summed E-state index contributed by atoms with van der Waals surface area (Å²) >= 11 is 0. The molecule has 0 unspecified atom stereocenters. The van der Waals surface area contributed by atoms with E-state index in [-0.39, 0.29) is 5.92 Å². The standard InChI is InChI=1S/C13H23NO/c1-4-5-6-7-11-8-9-12(13(11)15)10-14(2)3/h7,12H,4-6,8-10H2,1-3H3/b11-7-/t12-/m1/s1. The smallest absolute Gasteiger partial charge is 0.162 e. The van der Waals surface area contributed by atoms with Crippen molar-refractivity contribution in [1.29, 1.82) is 0 Å². The maximum Gasteiger partial charge on any atom is 0.162 e. The molecule has 1 atom stereocenters. The number of nitrogens with zero attached hydrogens (tertiary/aromatic N) is 1. The largest absolute Gasteiger partial charge is 0.309 e. The maximum atomic E-state index is 11.9. The highest BCUT2D eigenvalue weighted by Gasteiger charge is 2.28. The van der Waals surface area contributed by atoms with Crippen molar-refractivity contribution in [2.45, 2.75) is 39.0 Å². The highest BCUT2D eigenvalue weighted by molar-refractivity contribution is 5.99. The Balaban J connectivity index is 2.45. The van der Waals surface area contributed by atoms with Crippen molar-refractivity contribution >= 4 is 5.78 Å². The zero-order chi connectivity index (χ0) is 11.3. The van der Waals surface area contributed by atoms with Gasteiger partial charge in [-0.2, -0.15) is 0 Å². The minimum atomic E-state index is 0.257. The lowest BCUT2D eigenvalue weighted by Crippen LogP contribution is -2.24. The lowest BCUT2D eigenvalue weighted by Gasteiger charge is -2.13. The Morgan fingerprint density at radius 2 is 2.20 bits per heavy atom. The highest BCUT2D eigenvalue weighted by Crippen LogP contribution is 2.27. The lowest BCUT2D eigenvalue weighted by atomic mass is 10.1. The summed E-state index contributed by atoms with van der Waals surface area (Å²) in [7, 11) is 4.07. The van der Waals surface area contributed by atoms with E-state index in [2.05, 4.69) is 17.9 Å². The topological polar surface area (TPSA) is 20.3 Å². The molecule has 2 heteroatoms. The first-order valence-corrected chi connectivity index (χ1v) is 6.03. The molecule has 2 nitrogen and oxygen atoms in total. The minimum absolute atomic E-state index is 0.257. The molecular formula is C13H23NO. The van der Waals surface area contributed by atoms with E-state index in [1.165, 1.54) is 12.8 Å². The molecule has 0 radical (unpaired) electrons. The van der Waals surface area contributed by atoms with Gasteiger partial charge in [-0.1, -0.05) is 25.8 Å². The van der Waals surface area contributed by atoms with Gasteiger partial charge in [0.25, 0.3) is 0 Å². The van der Waals surface area contributed by atoms with E-state index in [9.17, 15) is 4.79 Å². The third-order valence-corrected chi connectivity index (χ3v) is 2.98. The van der Waals surface area contributed by atoms with E-state index in [4.69, 9.17) is 0 Å². The molecule has 1 aliphatic rings. The van der Waals surface area contributed by atoms with Gasteiger partial charge in [-0.15, -0.1) is 0 Å². The number of carbonyl (C=O) groups is 1. The van der Waals surface area contributed by atoms with Gasteiger partial charge in [-0.25, -0.2) is 0 Å². The summed E-state index contributed by atoms with van der Waals surface area (Å²) in [6, 6.07) is 0. The molecule has 15 heavy (non-hydrogen) atoms. The van der Waals surface area contributed by atoms with Gasteiger partial charge in [-0.05, 0) is 38.9 Å². The van der Waals surface area contributed by atoms with Crippen molar-refractivity contribution in [1.82, 2.24) is 4.90 Å². The first-order valence-electron chi connectivity index (χ1n) is 6.03. The molecule has 0 spiro atoms. The second-order valence-electron chi connectivity index (χ2n) is 4.73. The summed E-state index contributed by atoms with van der Waals surface area (Å²) in [4.78, 5) is 14.0. The average molecular weight is 209 g/mol. The van der Waals surface area contributed by atoms with Gasteiger partial charge < -0.3 is 4.90 Å². The third-order valence-electron chi connectivity index (χ3n) is 2.98. The molecule has 0 saturated heterocycles. The molecule has 0 aromatic heterocycles. The fourth-order valence-electron chi connectivity index (χ4n) is 2.14. The number of unbranched alkanes of at least 4 members (excludes halogenated alkanes) is 2. The molecular weight excluding hydrogens is 186 g/mol. The summed E-state index contributed by atoms with van der Waals surface area (Å²) < 4.78 is 0. The predicted octanol–water partition coefficient (Wildman–Crippen LogP) is 2.64. The van der Waals surface area contributed by atoms with Crippen molar-refractivity contribution in [2.24, 2.45) is 5.92 Å². The van der Waals surface area contributed by atoms with Crippen LogP contribution in [0.3, 0.4) is 0 Å². The van der Waals surface area contributed by atoms with Gasteiger partial charge in [0.15, 0.2) is 5.78 Å². The van der Waals surface area contributed by atoms with E-state index in [1.807, 2.05) is 14.1 Å². The molecule has 0 aromatic rings. The normalized spacial score (nSPS) is 24.4.